The van der Waals surface area contributed by atoms with Crippen LogP contribution in [0.25, 0.3) is 11.0 Å². The molecule has 4 nitrogen and oxygen atoms in total. The van der Waals surface area contributed by atoms with Gasteiger partial charge in [-0.15, -0.1) is 0 Å². The standard InChI is InChI=1S/C14H16N4S/c1-10-13-6-12(8-16-14(13)18-17-10)7-15-4-2-11-3-5-19-9-11/h3,5-6,8-9,15H,2,4,7H2,1H3,(H,16,17,18). The Bertz CT molecular complexity index is 657. The average molecular weight is 272 g/mol. The van der Waals surface area contributed by atoms with E-state index in [9.17, 15) is 0 Å². The van der Waals surface area contributed by atoms with Crippen LogP contribution in [0.2, 0.25) is 0 Å². The third-order valence-electron chi connectivity index (χ3n) is 3.16. The van der Waals surface area contributed by atoms with Crippen LogP contribution in [0.3, 0.4) is 0 Å². The topological polar surface area (TPSA) is 53.6 Å². The van der Waals surface area contributed by atoms with E-state index < -0.39 is 0 Å². The molecule has 3 heterocycles. The number of thiophene rings is 1. The minimum Gasteiger partial charge on any atom is -0.312 e. The molecule has 0 aliphatic heterocycles. The van der Waals surface area contributed by atoms with Crippen LogP contribution in [-0.4, -0.2) is 21.7 Å². The molecular formula is C14H16N4S. The van der Waals surface area contributed by atoms with Crippen molar-refractivity contribution in [3.63, 3.8) is 0 Å². The van der Waals surface area contributed by atoms with E-state index in [1.807, 2.05) is 13.1 Å². The first kappa shape index (κ1) is 12.3. The van der Waals surface area contributed by atoms with Crippen molar-refractivity contribution in [3.8, 4) is 0 Å². The number of H-pyrrole nitrogens is 1. The molecule has 5 heteroatoms. The molecule has 0 bridgehead atoms. The molecule has 2 N–H and O–H groups in total. The third-order valence-corrected chi connectivity index (χ3v) is 3.90. The van der Waals surface area contributed by atoms with Crippen molar-refractivity contribution in [2.45, 2.75) is 19.9 Å². The molecule has 3 aromatic rings. The molecule has 3 aromatic heterocycles. The van der Waals surface area contributed by atoms with E-state index in [0.29, 0.717) is 0 Å². The largest absolute Gasteiger partial charge is 0.312 e. The Morgan fingerprint density at radius 2 is 2.32 bits per heavy atom. The van der Waals surface area contributed by atoms with Gasteiger partial charge < -0.3 is 5.32 Å². The zero-order chi connectivity index (χ0) is 13.1. The Labute approximate surface area is 115 Å². The molecule has 0 aromatic carbocycles. The van der Waals surface area contributed by atoms with Gasteiger partial charge in [-0.3, -0.25) is 5.10 Å². The van der Waals surface area contributed by atoms with Crippen LogP contribution < -0.4 is 5.32 Å². The van der Waals surface area contributed by atoms with Crippen LogP contribution in [-0.2, 0) is 13.0 Å². The number of pyridine rings is 1. The van der Waals surface area contributed by atoms with Crippen molar-refractivity contribution >= 4 is 22.4 Å². The molecule has 0 amide bonds. The van der Waals surface area contributed by atoms with Gasteiger partial charge in [-0.1, -0.05) is 0 Å². The summed E-state index contributed by atoms with van der Waals surface area (Å²) in [6.07, 6.45) is 2.97. The Morgan fingerprint density at radius 3 is 3.16 bits per heavy atom. The van der Waals surface area contributed by atoms with Crippen LogP contribution in [0.4, 0.5) is 0 Å². The monoisotopic (exact) mass is 272 g/mol. The molecular weight excluding hydrogens is 256 g/mol. The zero-order valence-electron chi connectivity index (χ0n) is 10.8. The van der Waals surface area contributed by atoms with E-state index >= 15 is 0 Å². The van der Waals surface area contributed by atoms with E-state index in [1.54, 1.807) is 11.3 Å². The number of hydrogen-bond acceptors (Lipinski definition) is 4. The fourth-order valence-corrected chi connectivity index (χ4v) is 2.77. The summed E-state index contributed by atoms with van der Waals surface area (Å²) in [4.78, 5) is 4.37. The van der Waals surface area contributed by atoms with Crippen LogP contribution in [0.5, 0.6) is 0 Å². The first-order valence-corrected chi connectivity index (χ1v) is 7.28. The van der Waals surface area contributed by atoms with Crippen molar-refractivity contribution in [2.24, 2.45) is 0 Å². The van der Waals surface area contributed by atoms with Crippen LogP contribution in [0, 0.1) is 6.92 Å². The highest BCUT2D eigenvalue weighted by molar-refractivity contribution is 7.07. The second kappa shape index (κ2) is 5.50. The SMILES string of the molecule is Cc1n[nH]c2ncc(CNCCc3ccsc3)cc12. The van der Waals surface area contributed by atoms with Gasteiger partial charge in [0.25, 0.3) is 0 Å². The molecule has 0 fully saturated rings. The Kier molecular flexibility index (Phi) is 3.57. The smallest absolute Gasteiger partial charge is 0.155 e. The Morgan fingerprint density at radius 1 is 1.37 bits per heavy atom. The first-order valence-electron chi connectivity index (χ1n) is 6.34. The van der Waals surface area contributed by atoms with E-state index in [-0.39, 0.29) is 0 Å². The lowest BCUT2D eigenvalue weighted by molar-refractivity contribution is 0.687. The molecule has 0 aliphatic carbocycles. The maximum absolute atomic E-state index is 4.37. The summed E-state index contributed by atoms with van der Waals surface area (Å²) in [5, 5.41) is 16.0. The molecule has 0 saturated carbocycles. The summed E-state index contributed by atoms with van der Waals surface area (Å²) >= 11 is 1.75. The van der Waals surface area contributed by atoms with Crippen LogP contribution >= 0.6 is 11.3 Å². The maximum atomic E-state index is 4.37. The molecule has 0 atom stereocenters. The maximum Gasteiger partial charge on any atom is 0.155 e. The van der Waals surface area contributed by atoms with Crippen molar-refractivity contribution in [2.75, 3.05) is 6.54 Å². The number of aryl methyl sites for hydroxylation is 1. The normalized spacial score (nSPS) is 11.2. The number of fused-ring (bicyclic) bond motifs is 1. The van der Waals surface area contributed by atoms with Crippen molar-refractivity contribution in [1.82, 2.24) is 20.5 Å². The highest BCUT2D eigenvalue weighted by Crippen LogP contribution is 2.14. The second-order valence-corrected chi connectivity index (χ2v) is 5.39. The number of hydrogen-bond donors (Lipinski definition) is 2. The summed E-state index contributed by atoms with van der Waals surface area (Å²) < 4.78 is 0. The Hall–Kier alpha value is -1.72. The zero-order valence-corrected chi connectivity index (χ0v) is 11.6. The van der Waals surface area contributed by atoms with Crippen LogP contribution in [0.1, 0.15) is 16.8 Å². The molecule has 0 saturated heterocycles. The number of nitrogens with one attached hydrogen (secondary N) is 2. The molecule has 3 rings (SSSR count). The van der Waals surface area contributed by atoms with E-state index in [2.05, 4.69) is 43.4 Å². The van der Waals surface area contributed by atoms with Crippen molar-refractivity contribution < 1.29 is 0 Å². The molecule has 98 valence electrons. The molecule has 19 heavy (non-hydrogen) atoms. The van der Waals surface area contributed by atoms with Gasteiger partial charge in [0.15, 0.2) is 5.65 Å². The fraction of sp³-hybridized carbons (Fsp3) is 0.286. The number of aromatic amines is 1. The molecule has 0 aliphatic rings. The van der Waals surface area contributed by atoms with Crippen molar-refractivity contribution in [3.05, 3.63) is 45.9 Å². The molecule has 0 unspecified atom stereocenters. The van der Waals surface area contributed by atoms with E-state index in [0.717, 1.165) is 36.2 Å². The van der Waals surface area contributed by atoms with E-state index in [4.69, 9.17) is 0 Å². The van der Waals surface area contributed by atoms with Gasteiger partial charge in [-0.2, -0.15) is 16.4 Å². The molecule has 0 radical (unpaired) electrons. The summed E-state index contributed by atoms with van der Waals surface area (Å²) in [5.41, 5.74) is 4.46. The van der Waals surface area contributed by atoms with Crippen molar-refractivity contribution in [1.29, 1.82) is 0 Å². The predicted octanol–water partition coefficient (Wildman–Crippen LogP) is 2.66. The highest BCUT2D eigenvalue weighted by atomic mass is 32.1. The van der Waals surface area contributed by atoms with Gasteiger partial charge in [-0.05, 0) is 53.9 Å². The highest BCUT2D eigenvalue weighted by Gasteiger charge is 2.03. The van der Waals surface area contributed by atoms with Crippen LogP contribution in [0.15, 0.2) is 29.1 Å². The van der Waals surface area contributed by atoms with Gasteiger partial charge in [0.05, 0.1) is 5.69 Å². The predicted molar refractivity (Wildman–Crippen MR) is 78.4 cm³/mol. The Balaban J connectivity index is 1.57. The summed E-state index contributed by atoms with van der Waals surface area (Å²) in [5.74, 6) is 0. The molecule has 0 spiro atoms. The van der Waals surface area contributed by atoms with E-state index in [1.165, 1.54) is 11.1 Å². The van der Waals surface area contributed by atoms with Gasteiger partial charge in [0.2, 0.25) is 0 Å². The summed E-state index contributed by atoms with van der Waals surface area (Å²) in [6.45, 7) is 3.82. The number of rotatable bonds is 5. The van der Waals surface area contributed by atoms with Gasteiger partial charge in [0.1, 0.15) is 0 Å². The van der Waals surface area contributed by atoms with Gasteiger partial charge >= 0.3 is 0 Å². The van der Waals surface area contributed by atoms with Gasteiger partial charge in [-0.25, -0.2) is 4.98 Å². The third kappa shape index (κ3) is 2.83. The quantitative estimate of drug-likeness (QED) is 0.702. The lowest BCUT2D eigenvalue weighted by atomic mass is 10.2. The minimum atomic E-state index is 0.845. The average Bonchev–Trinajstić information content (AvgIpc) is 3.06. The lowest BCUT2D eigenvalue weighted by Crippen LogP contribution is -2.16. The van der Waals surface area contributed by atoms with Gasteiger partial charge in [0, 0.05) is 18.1 Å². The second-order valence-electron chi connectivity index (χ2n) is 4.61. The summed E-state index contributed by atoms with van der Waals surface area (Å²) in [7, 11) is 0. The lowest BCUT2D eigenvalue weighted by Gasteiger charge is -2.04. The minimum absolute atomic E-state index is 0.845. The first-order chi connectivity index (χ1) is 9.33. The number of aromatic nitrogens is 3. The summed E-state index contributed by atoms with van der Waals surface area (Å²) in [6, 6.07) is 4.33. The fourth-order valence-electron chi connectivity index (χ4n) is 2.07. The number of nitrogens with zero attached hydrogens (tertiary/aromatic N) is 2.